The van der Waals surface area contributed by atoms with E-state index in [9.17, 15) is 4.79 Å². The maximum atomic E-state index is 11.9. The highest BCUT2D eigenvalue weighted by Gasteiger charge is 2.26. The molecule has 1 heterocycles. The number of aliphatic imine (C=N–C) groups is 1. The number of likely N-dealkylation sites (tertiary alicyclic amines) is 1. The van der Waals surface area contributed by atoms with Crippen molar-refractivity contribution < 1.29 is 4.79 Å². The first-order chi connectivity index (χ1) is 12.5. The van der Waals surface area contributed by atoms with Crippen LogP contribution in [0.4, 0.5) is 0 Å². The van der Waals surface area contributed by atoms with Crippen molar-refractivity contribution in [3.8, 4) is 0 Å². The van der Waals surface area contributed by atoms with Crippen LogP contribution in [-0.4, -0.2) is 67.2 Å². The van der Waals surface area contributed by atoms with Gasteiger partial charge in [0.1, 0.15) is 6.54 Å². The van der Waals surface area contributed by atoms with Crippen molar-refractivity contribution in [1.82, 2.24) is 15.1 Å². The predicted molar refractivity (Wildman–Crippen MR) is 111 cm³/mol. The van der Waals surface area contributed by atoms with E-state index in [0.717, 1.165) is 31.2 Å². The standard InChI is InChI=1S/C20H32N4OS/c1-5-16(2)22-20(21-13-19(25)23(3)4)24-12-11-17(14-24)15-26-18-9-7-6-8-10-18/h6-10,16-17H,5,11-15H2,1-4H3,(H,21,22). The first-order valence-electron chi connectivity index (χ1n) is 9.43. The van der Waals surface area contributed by atoms with Gasteiger partial charge < -0.3 is 15.1 Å². The molecule has 0 radical (unpaired) electrons. The van der Waals surface area contributed by atoms with E-state index in [0.29, 0.717) is 12.0 Å². The average Bonchev–Trinajstić information content (AvgIpc) is 3.12. The van der Waals surface area contributed by atoms with Crippen LogP contribution in [0.15, 0.2) is 40.2 Å². The number of guanidine groups is 1. The van der Waals surface area contributed by atoms with Crippen molar-refractivity contribution in [3.63, 3.8) is 0 Å². The summed E-state index contributed by atoms with van der Waals surface area (Å²) in [4.78, 5) is 21.7. The van der Waals surface area contributed by atoms with Crippen LogP contribution in [-0.2, 0) is 4.79 Å². The lowest BCUT2D eigenvalue weighted by Gasteiger charge is -2.25. The number of benzene rings is 1. The molecule has 1 aliphatic rings. The summed E-state index contributed by atoms with van der Waals surface area (Å²) in [5.74, 6) is 2.67. The zero-order valence-corrected chi connectivity index (χ0v) is 17.3. The van der Waals surface area contributed by atoms with Crippen LogP contribution in [0.1, 0.15) is 26.7 Å². The quantitative estimate of drug-likeness (QED) is 0.452. The number of thioether (sulfide) groups is 1. The molecule has 0 saturated carbocycles. The third-order valence-corrected chi connectivity index (χ3v) is 5.91. The van der Waals surface area contributed by atoms with Gasteiger partial charge in [-0.3, -0.25) is 4.79 Å². The topological polar surface area (TPSA) is 47.9 Å². The third-order valence-electron chi connectivity index (χ3n) is 4.67. The molecule has 1 fully saturated rings. The maximum absolute atomic E-state index is 11.9. The van der Waals surface area contributed by atoms with Crippen LogP contribution in [0.3, 0.4) is 0 Å². The second-order valence-corrected chi connectivity index (χ2v) is 8.20. The number of carbonyl (C=O) groups is 1. The molecule has 0 spiro atoms. The zero-order chi connectivity index (χ0) is 18.9. The molecule has 1 aromatic carbocycles. The molecule has 144 valence electrons. The Balaban J connectivity index is 1.92. The van der Waals surface area contributed by atoms with E-state index in [1.807, 2.05) is 11.8 Å². The normalized spacial score (nSPS) is 18.7. The van der Waals surface area contributed by atoms with Crippen molar-refractivity contribution in [1.29, 1.82) is 0 Å². The summed E-state index contributed by atoms with van der Waals surface area (Å²) in [7, 11) is 3.54. The molecular weight excluding hydrogens is 344 g/mol. The van der Waals surface area contributed by atoms with Crippen LogP contribution < -0.4 is 5.32 Å². The van der Waals surface area contributed by atoms with Gasteiger partial charge in [-0.2, -0.15) is 0 Å². The maximum Gasteiger partial charge on any atom is 0.243 e. The summed E-state index contributed by atoms with van der Waals surface area (Å²) >= 11 is 1.92. The summed E-state index contributed by atoms with van der Waals surface area (Å²) in [6.07, 6.45) is 2.20. The van der Waals surface area contributed by atoms with Gasteiger partial charge in [0.15, 0.2) is 5.96 Å². The van der Waals surface area contributed by atoms with Gasteiger partial charge in [0.2, 0.25) is 5.91 Å². The molecule has 1 aliphatic heterocycles. The minimum atomic E-state index is 0.0313. The molecule has 1 saturated heterocycles. The van der Waals surface area contributed by atoms with Gasteiger partial charge in [-0.05, 0) is 37.8 Å². The van der Waals surface area contributed by atoms with Crippen molar-refractivity contribution in [2.24, 2.45) is 10.9 Å². The average molecular weight is 377 g/mol. The number of nitrogens with zero attached hydrogens (tertiary/aromatic N) is 3. The number of amides is 1. The first kappa shape index (κ1) is 20.6. The van der Waals surface area contributed by atoms with Crippen LogP contribution >= 0.6 is 11.8 Å². The lowest BCUT2D eigenvalue weighted by Crippen LogP contribution is -2.44. The zero-order valence-electron chi connectivity index (χ0n) is 16.4. The fourth-order valence-electron chi connectivity index (χ4n) is 2.74. The van der Waals surface area contributed by atoms with Gasteiger partial charge in [0.05, 0.1) is 0 Å². The fraction of sp³-hybridized carbons (Fsp3) is 0.600. The molecule has 2 rings (SSSR count). The number of hydrogen-bond donors (Lipinski definition) is 1. The molecule has 0 bridgehead atoms. The molecule has 0 aliphatic carbocycles. The summed E-state index contributed by atoms with van der Waals surface area (Å²) in [6.45, 7) is 6.51. The SMILES string of the molecule is CCC(C)NC(=NCC(=O)N(C)C)N1CCC(CSc2ccccc2)C1. The lowest BCUT2D eigenvalue weighted by molar-refractivity contribution is -0.127. The van der Waals surface area contributed by atoms with E-state index in [1.165, 1.54) is 11.3 Å². The molecule has 0 aromatic heterocycles. The van der Waals surface area contributed by atoms with Crippen molar-refractivity contribution in [2.45, 2.75) is 37.6 Å². The summed E-state index contributed by atoms with van der Waals surface area (Å²) in [5, 5.41) is 3.50. The third kappa shape index (κ3) is 6.56. The molecule has 1 amide bonds. The molecule has 1 N–H and O–H groups in total. The number of nitrogens with one attached hydrogen (secondary N) is 1. The Morgan fingerprint density at radius 3 is 2.77 bits per heavy atom. The van der Waals surface area contributed by atoms with Crippen LogP contribution in [0.2, 0.25) is 0 Å². The Kier molecular flexibility index (Phi) is 8.29. The first-order valence-corrected chi connectivity index (χ1v) is 10.4. The van der Waals surface area contributed by atoms with E-state index in [-0.39, 0.29) is 12.5 Å². The lowest BCUT2D eigenvalue weighted by atomic mass is 10.2. The van der Waals surface area contributed by atoms with Gasteiger partial charge in [-0.1, -0.05) is 25.1 Å². The van der Waals surface area contributed by atoms with Gasteiger partial charge >= 0.3 is 0 Å². The van der Waals surface area contributed by atoms with Gasteiger partial charge in [-0.15, -0.1) is 11.8 Å². The van der Waals surface area contributed by atoms with E-state index in [2.05, 4.69) is 59.4 Å². The Bertz CT molecular complexity index is 591. The van der Waals surface area contributed by atoms with Crippen LogP contribution in [0, 0.1) is 5.92 Å². The molecule has 6 heteroatoms. The summed E-state index contributed by atoms with van der Waals surface area (Å²) in [5.41, 5.74) is 0. The Hall–Kier alpha value is -1.69. The Labute approximate surface area is 162 Å². The summed E-state index contributed by atoms with van der Waals surface area (Å²) < 4.78 is 0. The van der Waals surface area contributed by atoms with E-state index >= 15 is 0 Å². The van der Waals surface area contributed by atoms with Crippen LogP contribution in [0.5, 0.6) is 0 Å². The van der Waals surface area contributed by atoms with Gasteiger partial charge in [0, 0.05) is 43.9 Å². The second-order valence-electron chi connectivity index (χ2n) is 7.11. The Morgan fingerprint density at radius 2 is 2.12 bits per heavy atom. The number of carbonyl (C=O) groups excluding carboxylic acids is 1. The highest BCUT2D eigenvalue weighted by molar-refractivity contribution is 7.99. The van der Waals surface area contributed by atoms with Gasteiger partial charge in [0.25, 0.3) is 0 Å². The van der Waals surface area contributed by atoms with Crippen LogP contribution in [0.25, 0.3) is 0 Å². The monoisotopic (exact) mass is 376 g/mol. The summed E-state index contributed by atoms with van der Waals surface area (Å²) in [6, 6.07) is 10.9. The van der Waals surface area contributed by atoms with Crippen molar-refractivity contribution >= 4 is 23.6 Å². The van der Waals surface area contributed by atoms with E-state index < -0.39 is 0 Å². The fourth-order valence-corrected chi connectivity index (χ4v) is 3.78. The van der Waals surface area contributed by atoms with Crippen molar-refractivity contribution in [2.75, 3.05) is 39.5 Å². The highest BCUT2D eigenvalue weighted by atomic mass is 32.2. The minimum absolute atomic E-state index is 0.0313. The second kappa shape index (κ2) is 10.5. The Morgan fingerprint density at radius 1 is 1.38 bits per heavy atom. The van der Waals surface area contributed by atoms with Gasteiger partial charge in [-0.25, -0.2) is 4.99 Å². The molecule has 1 aromatic rings. The molecule has 5 nitrogen and oxygen atoms in total. The molecular formula is C20H32N4OS. The molecule has 2 atom stereocenters. The van der Waals surface area contributed by atoms with Crippen molar-refractivity contribution in [3.05, 3.63) is 30.3 Å². The minimum Gasteiger partial charge on any atom is -0.354 e. The van der Waals surface area contributed by atoms with E-state index in [1.54, 1.807) is 19.0 Å². The number of likely N-dealkylation sites (N-methyl/N-ethyl adjacent to an activating group) is 1. The number of rotatable bonds is 7. The highest BCUT2D eigenvalue weighted by Crippen LogP contribution is 2.25. The van der Waals surface area contributed by atoms with E-state index in [4.69, 9.17) is 0 Å². The number of hydrogen-bond acceptors (Lipinski definition) is 3. The smallest absolute Gasteiger partial charge is 0.243 e. The largest absolute Gasteiger partial charge is 0.354 e. The molecule has 26 heavy (non-hydrogen) atoms. The molecule has 2 unspecified atom stereocenters. The predicted octanol–water partition coefficient (Wildman–Crippen LogP) is 2.93.